The van der Waals surface area contributed by atoms with Crippen LogP contribution in [0.3, 0.4) is 0 Å². The Morgan fingerprint density at radius 3 is 1.89 bits per heavy atom. The number of thioether (sulfide) groups is 1. The molecule has 0 heterocycles. The van der Waals surface area contributed by atoms with Gasteiger partial charge in [-0.1, -0.05) is 77.9 Å². The standard InChI is InChI=1S/C30H30N2O3S2/c1-22-9-13-25(14-10-22)30(24-7-5-4-6-8-24)31-29(33)21-32(26-15-11-23(2)12-16-26)37(34,35)28-19-17-27(36-3)18-20-28/h4-20,30H,21H2,1-3H3,(H,31,33)/t30-/m0/s1. The Morgan fingerprint density at radius 1 is 0.784 bits per heavy atom. The fourth-order valence-electron chi connectivity index (χ4n) is 4.00. The highest BCUT2D eigenvalue weighted by molar-refractivity contribution is 7.98. The number of rotatable bonds is 9. The second-order valence-corrected chi connectivity index (χ2v) is 11.6. The number of amides is 1. The predicted molar refractivity (Wildman–Crippen MR) is 152 cm³/mol. The van der Waals surface area contributed by atoms with E-state index in [0.717, 1.165) is 27.1 Å². The van der Waals surface area contributed by atoms with Gasteiger partial charge in [0, 0.05) is 4.90 Å². The number of hydrogen-bond acceptors (Lipinski definition) is 4. The lowest BCUT2D eigenvalue weighted by Gasteiger charge is -2.26. The van der Waals surface area contributed by atoms with E-state index in [1.807, 2.05) is 86.8 Å². The minimum Gasteiger partial charge on any atom is -0.344 e. The normalized spacial score (nSPS) is 12.1. The SMILES string of the molecule is CSc1ccc(S(=O)(=O)N(CC(=O)N[C@@H](c2ccccc2)c2ccc(C)cc2)c2ccc(C)cc2)cc1. The average molecular weight is 531 g/mol. The van der Waals surface area contributed by atoms with E-state index in [0.29, 0.717) is 5.69 Å². The molecule has 4 aromatic carbocycles. The van der Waals surface area contributed by atoms with Crippen molar-refractivity contribution in [1.29, 1.82) is 0 Å². The molecule has 190 valence electrons. The second-order valence-electron chi connectivity index (χ2n) is 8.84. The number of nitrogens with one attached hydrogen (secondary N) is 1. The number of nitrogens with zero attached hydrogens (tertiary/aromatic N) is 1. The number of carbonyl (C=O) groups is 1. The van der Waals surface area contributed by atoms with Gasteiger partial charge in [0.2, 0.25) is 5.91 Å². The quantitative estimate of drug-likeness (QED) is 0.265. The van der Waals surface area contributed by atoms with Crippen LogP contribution in [0.25, 0.3) is 0 Å². The van der Waals surface area contributed by atoms with Crippen LogP contribution in [-0.4, -0.2) is 27.1 Å². The van der Waals surface area contributed by atoms with E-state index in [4.69, 9.17) is 0 Å². The van der Waals surface area contributed by atoms with Crippen molar-refractivity contribution in [1.82, 2.24) is 5.32 Å². The van der Waals surface area contributed by atoms with Gasteiger partial charge in [-0.25, -0.2) is 8.42 Å². The Balaban J connectivity index is 1.67. The lowest BCUT2D eigenvalue weighted by atomic mass is 9.98. The number of benzene rings is 4. The Morgan fingerprint density at radius 2 is 1.32 bits per heavy atom. The maximum Gasteiger partial charge on any atom is 0.264 e. The summed E-state index contributed by atoms with van der Waals surface area (Å²) in [6.07, 6.45) is 1.93. The number of sulfonamides is 1. The van der Waals surface area contributed by atoms with Gasteiger partial charge in [-0.3, -0.25) is 9.10 Å². The van der Waals surface area contributed by atoms with Crippen molar-refractivity contribution >= 4 is 33.4 Å². The summed E-state index contributed by atoms with van der Waals surface area (Å²) >= 11 is 1.54. The van der Waals surface area contributed by atoms with Crippen LogP contribution in [0, 0.1) is 13.8 Å². The molecule has 4 aromatic rings. The molecule has 0 unspecified atom stereocenters. The summed E-state index contributed by atoms with van der Waals surface area (Å²) in [6, 6.07) is 31.0. The van der Waals surface area contributed by atoms with Crippen LogP contribution < -0.4 is 9.62 Å². The van der Waals surface area contributed by atoms with Crippen molar-refractivity contribution < 1.29 is 13.2 Å². The van der Waals surface area contributed by atoms with Crippen molar-refractivity contribution in [3.8, 4) is 0 Å². The molecule has 1 N–H and O–H groups in total. The molecule has 0 bridgehead atoms. The first-order valence-electron chi connectivity index (χ1n) is 11.9. The molecule has 0 aromatic heterocycles. The van der Waals surface area contributed by atoms with Crippen LogP contribution in [0.1, 0.15) is 28.3 Å². The summed E-state index contributed by atoms with van der Waals surface area (Å²) in [5.74, 6) is -0.403. The minimum atomic E-state index is -3.99. The molecule has 0 saturated heterocycles. The first-order valence-corrected chi connectivity index (χ1v) is 14.6. The summed E-state index contributed by atoms with van der Waals surface area (Å²) in [5, 5.41) is 3.07. The molecule has 0 aliphatic rings. The van der Waals surface area contributed by atoms with E-state index in [1.54, 1.807) is 36.4 Å². The molecule has 0 fully saturated rings. The fraction of sp³-hybridized carbons (Fsp3) is 0.167. The number of anilines is 1. The molecule has 0 aliphatic carbocycles. The highest BCUT2D eigenvalue weighted by Crippen LogP contribution is 2.27. The maximum absolute atomic E-state index is 13.8. The molecule has 1 atom stereocenters. The van der Waals surface area contributed by atoms with Gasteiger partial charge in [-0.05, 0) is 67.6 Å². The molecule has 0 spiro atoms. The zero-order valence-corrected chi connectivity index (χ0v) is 22.7. The first-order chi connectivity index (χ1) is 17.8. The van der Waals surface area contributed by atoms with Gasteiger partial charge < -0.3 is 5.32 Å². The lowest BCUT2D eigenvalue weighted by Crippen LogP contribution is -2.42. The Kier molecular flexibility index (Phi) is 8.36. The third-order valence-electron chi connectivity index (χ3n) is 6.11. The van der Waals surface area contributed by atoms with Crippen LogP contribution in [0.4, 0.5) is 5.69 Å². The van der Waals surface area contributed by atoms with Gasteiger partial charge in [-0.15, -0.1) is 11.8 Å². The Labute approximate surface area is 223 Å². The van der Waals surface area contributed by atoms with E-state index < -0.39 is 22.0 Å². The second kappa shape index (κ2) is 11.7. The molecular weight excluding hydrogens is 500 g/mol. The molecule has 0 aliphatic heterocycles. The summed E-state index contributed by atoms with van der Waals surface area (Å²) in [7, 11) is -3.99. The van der Waals surface area contributed by atoms with Crippen molar-refractivity contribution in [2.75, 3.05) is 17.1 Å². The summed E-state index contributed by atoms with van der Waals surface area (Å²) < 4.78 is 28.7. The van der Waals surface area contributed by atoms with E-state index in [9.17, 15) is 13.2 Å². The minimum absolute atomic E-state index is 0.136. The molecule has 7 heteroatoms. The maximum atomic E-state index is 13.8. The van der Waals surface area contributed by atoms with Crippen LogP contribution >= 0.6 is 11.8 Å². The van der Waals surface area contributed by atoms with Crippen molar-refractivity contribution in [2.24, 2.45) is 0 Å². The average Bonchev–Trinajstić information content (AvgIpc) is 2.92. The summed E-state index contributed by atoms with van der Waals surface area (Å²) in [4.78, 5) is 14.6. The van der Waals surface area contributed by atoms with Crippen LogP contribution in [-0.2, 0) is 14.8 Å². The predicted octanol–water partition coefficient (Wildman–Crippen LogP) is 6.13. The van der Waals surface area contributed by atoms with Gasteiger partial charge >= 0.3 is 0 Å². The third kappa shape index (κ3) is 6.42. The first kappa shape index (κ1) is 26.5. The van der Waals surface area contributed by atoms with Crippen LogP contribution in [0.2, 0.25) is 0 Å². The van der Waals surface area contributed by atoms with E-state index in [2.05, 4.69) is 5.32 Å². The van der Waals surface area contributed by atoms with Gasteiger partial charge in [0.15, 0.2) is 0 Å². The largest absolute Gasteiger partial charge is 0.344 e. The van der Waals surface area contributed by atoms with Crippen molar-refractivity contribution in [3.63, 3.8) is 0 Å². The van der Waals surface area contributed by atoms with Crippen LogP contribution in [0.15, 0.2) is 113 Å². The third-order valence-corrected chi connectivity index (χ3v) is 8.64. The molecule has 0 saturated carbocycles. The highest BCUT2D eigenvalue weighted by Gasteiger charge is 2.28. The highest BCUT2D eigenvalue weighted by atomic mass is 32.2. The van der Waals surface area contributed by atoms with E-state index in [1.165, 1.54) is 16.1 Å². The fourth-order valence-corrected chi connectivity index (χ4v) is 5.83. The zero-order chi connectivity index (χ0) is 26.4. The van der Waals surface area contributed by atoms with Crippen molar-refractivity contribution in [3.05, 3.63) is 125 Å². The number of carbonyl (C=O) groups excluding carboxylic acids is 1. The molecule has 5 nitrogen and oxygen atoms in total. The monoisotopic (exact) mass is 530 g/mol. The van der Waals surface area contributed by atoms with Crippen LogP contribution in [0.5, 0.6) is 0 Å². The molecule has 37 heavy (non-hydrogen) atoms. The zero-order valence-electron chi connectivity index (χ0n) is 21.1. The smallest absolute Gasteiger partial charge is 0.264 e. The molecular formula is C30H30N2O3S2. The molecule has 1 amide bonds. The van der Waals surface area contributed by atoms with Gasteiger partial charge in [0.25, 0.3) is 10.0 Å². The van der Waals surface area contributed by atoms with Crippen molar-refractivity contribution in [2.45, 2.75) is 29.7 Å². The topological polar surface area (TPSA) is 66.5 Å². The summed E-state index contributed by atoms with van der Waals surface area (Å²) in [6.45, 7) is 3.59. The van der Waals surface area contributed by atoms with Gasteiger partial charge in [-0.2, -0.15) is 0 Å². The Bertz CT molecular complexity index is 1440. The molecule has 0 radical (unpaired) electrons. The van der Waals surface area contributed by atoms with E-state index in [-0.39, 0.29) is 11.4 Å². The number of hydrogen-bond donors (Lipinski definition) is 1. The van der Waals surface area contributed by atoms with E-state index >= 15 is 0 Å². The Hall–Kier alpha value is -3.55. The lowest BCUT2D eigenvalue weighted by molar-refractivity contribution is -0.120. The summed E-state index contributed by atoms with van der Waals surface area (Å²) in [5.41, 5.74) is 4.38. The molecule has 4 rings (SSSR count). The number of aryl methyl sites for hydroxylation is 2. The van der Waals surface area contributed by atoms with Gasteiger partial charge in [0.05, 0.1) is 16.6 Å². The van der Waals surface area contributed by atoms with Gasteiger partial charge in [0.1, 0.15) is 6.54 Å².